The number of carbonyl (C=O) groups is 1. The number of benzene rings is 1. The molecular weight excluding hydrogens is 392 g/mol. The van der Waals surface area contributed by atoms with Crippen LogP contribution in [0.15, 0.2) is 48.9 Å². The Morgan fingerprint density at radius 3 is 2.63 bits per heavy atom. The number of aromatic nitrogens is 4. The monoisotopic (exact) mass is 415 g/mol. The standard InChI is InChI=1S/C20H19F2N5O2.CH4/c21-15-3-5-18(27-24-7-8-25-27)17(10-15)20(28)26-9-1-2-14(12-26)13-29-19-6-4-16(22)11-23-19;/h3-8,10-11,14H,1-2,9,12-13H2;1H4. The highest BCUT2D eigenvalue weighted by Gasteiger charge is 2.27. The van der Waals surface area contributed by atoms with Crippen LogP contribution in [0.1, 0.15) is 30.6 Å². The number of carbonyl (C=O) groups excluding carboxylic acids is 1. The topological polar surface area (TPSA) is 73.1 Å². The average molecular weight is 415 g/mol. The van der Waals surface area contributed by atoms with Crippen LogP contribution in [-0.4, -0.2) is 50.5 Å². The summed E-state index contributed by atoms with van der Waals surface area (Å²) in [6.07, 6.45) is 5.79. The number of piperidine rings is 1. The fourth-order valence-corrected chi connectivity index (χ4v) is 3.40. The van der Waals surface area contributed by atoms with Crippen molar-refractivity contribution in [3.63, 3.8) is 0 Å². The molecule has 1 aromatic carbocycles. The molecule has 7 nitrogen and oxygen atoms in total. The quantitative estimate of drug-likeness (QED) is 0.638. The Morgan fingerprint density at radius 2 is 1.90 bits per heavy atom. The van der Waals surface area contributed by atoms with Gasteiger partial charge in [-0.05, 0) is 37.1 Å². The molecule has 0 radical (unpaired) electrons. The van der Waals surface area contributed by atoms with Gasteiger partial charge in [-0.3, -0.25) is 4.79 Å². The Bertz CT molecular complexity index is 980. The molecule has 30 heavy (non-hydrogen) atoms. The van der Waals surface area contributed by atoms with Crippen LogP contribution >= 0.6 is 0 Å². The van der Waals surface area contributed by atoms with Crippen LogP contribution < -0.4 is 4.74 Å². The average Bonchev–Trinajstić information content (AvgIpc) is 3.28. The minimum absolute atomic E-state index is 0. The van der Waals surface area contributed by atoms with Gasteiger partial charge in [0.2, 0.25) is 5.88 Å². The van der Waals surface area contributed by atoms with E-state index in [9.17, 15) is 13.6 Å². The van der Waals surface area contributed by atoms with E-state index in [-0.39, 0.29) is 24.8 Å². The summed E-state index contributed by atoms with van der Waals surface area (Å²) in [6, 6.07) is 6.74. The van der Waals surface area contributed by atoms with Gasteiger partial charge in [-0.1, -0.05) is 7.43 Å². The molecule has 1 amide bonds. The van der Waals surface area contributed by atoms with Crippen molar-refractivity contribution in [2.24, 2.45) is 5.92 Å². The smallest absolute Gasteiger partial charge is 0.256 e. The molecule has 3 heterocycles. The van der Waals surface area contributed by atoms with Gasteiger partial charge in [0.15, 0.2) is 0 Å². The summed E-state index contributed by atoms with van der Waals surface area (Å²) < 4.78 is 32.4. The van der Waals surface area contributed by atoms with E-state index in [1.807, 2.05) is 0 Å². The summed E-state index contributed by atoms with van der Waals surface area (Å²) in [5.41, 5.74) is 0.637. The van der Waals surface area contributed by atoms with E-state index < -0.39 is 11.6 Å². The number of hydrogen-bond acceptors (Lipinski definition) is 5. The van der Waals surface area contributed by atoms with Crippen LogP contribution in [0.4, 0.5) is 8.78 Å². The molecule has 158 valence electrons. The summed E-state index contributed by atoms with van der Waals surface area (Å²) in [4.78, 5) is 20.0. The van der Waals surface area contributed by atoms with Gasteiger partial charge in [-0.25, -0.2) is 13.8 Å². The first-order valence-corrected chi connectivity index (χ1v) is 9.30. The predicted molar refractivity (Wildman–Crippen MR) is 106 cm³/mol. The second kappa shape index (κ2) is 9.43. The van der Waals surface area contributed by atoms with Crippen LogP contribution in [0.3, 0.4) is 0 Å². The highest BCUT2D eigenvalue weighted by atomic mass is 19.1. The van der Waals surface area contributed by atoms with E-state index in [4.69, 9.17) is 4.74 Å². The van der Waals surface area contributed by atoms with E-state index in [0.717, 1.165) is 19.0 Å². The summed E-state index contributed by atoms with van der Waals surface area (Å²) >= 11 is 0. The summed E-state index contributed by atoms with van der Waals surface area (Å²) in [5, 5.41) is 8.09. The van der Waals surface area contributed by atoms with Crippen LogP contribution in [0, 0.1) is 17.6 Å². The Balaban J connectivity index is 0.00000256. The predicted octanol–water partition coefficient (Wildman–Crippen LogP) is 3.51. The highest BCUT2D eigenvalue weighted by Crippen LogP contribution is 2.23. The fourth-order valence-electron chi connectivity index (χ4n) is 3.40. The molecule has 0 bridgehead atoms. The SMILES string of the molecule is C.O=C(c1cc(F)ccc1-n1nccn1)N1CCCC(COc2ccc(F)cn2)C1. The summed E-state index contributed by atoms with van der Waals surface area (Å²) in [6.45, 7) is 1.41. The molecule has 1 atom stereocenters. The van der Waals surface area contributed by atoms with E-state index in [1.54, 1.807) is 4.90 Å². The molecule has 9 heteroatoms. The summed E-state index contributed by atoms with van der Waals surface area (Å²) in [5.74, 6) is -0.763. The van der Waals surface area contributed by atoms with Crippen molar-refractivity contribution in [1.82, 2.24) is 24.9 Å². The van der Waals surface area contributed by atoms with Gasteiger partial charge in [0.25, 0.3) is 5.91 Å². The normalized spacial score (nSPS) is 16.1. The second-order valence-corrected chi connectivity index (χ2v) is 6.87. The lowest BCUT2D eigenvalue weighted by Crippen LogP contribution is -2.42. The maximum absolute atomic E-state index is 13.9. The zero-order valence-electron chi connectivity index (χ0n) is 15.5. The number of halogens is 2. The van der Waals surface area contributed by atoms with Crippen molar-refractivity contribution in [2.45, 2.75) is 20.3 Å². The zero-order chi connectivity index (χ0) is 20.2. The van der Waals surface area contributed by atoms with Gasteiger partial charge in [0, 0.05) is 25.1 Å². The van der Waals surface area contributed by atoms with Gasteiger partial charge in [0.05, 0.1) is 36.4 Å². The number of nitrogens with zero attached hydrogens (tertiary/aromatic N) is 5. The maximum Gasteiger partial charge on any atom is 0.256 e. The third kappa shape index (κ3) is 4.79. The Labute approximate surface area is 173 Å². The Hall–Kier alpha value is -3.36. The summed E-state index contributed by atoms with van der Waals surface area (Å²) in [7, 11) is 0. The van der Waals surface area contributed by atoms with E-state index in [1.165, 1.54) is 47.5 Å². The van der Waals surface area contributed by atoms with Gasteiger partial charge >= 0.3 is 0 Å². The van der Waals surface area contributed by atoms with Crippen molar-refractivity contribution in [2.75, 3.05) is 19.7 Å². The lowest BCUT2D eigenvalue weighted by atomic mass is 9.98. The van der Waals surface area contributed by atoms with Crippen LogP contribution in [0.5, 0.6) is 5.88 Å². The van der Waals surface area contributed by atoms with Crippen molar-refractivity contribution in [3.05, 3.63) is 66.1 Å². The maximum atomic E-state index is 13.9. The van der Waals surface area contributed by atoms with Crippen LogP contribution in [0.25, 0.3) is 5.69 Å². The van der Waals surface area contributed by atoms with E-state index in [2.05, 4.69) is 15.2 Å². The van der Waals surface area contributed by atoms with Crippen molar-refractivity contribution in [1.29, 1.82) is 0 Å². The number of rotatable bonds is 5. The molecular formula is C21H23F2N5O2. The van der Waals surface area contributed by atoms with Gasteiger partial charge < -0.3 is 9.64 Å². The first kappa shape index (κ1) is 21.4. The minimum Gasteiger partial charge on any atom is -0.477 e. The number of amides is 1. The Morgan fingerprint density at radius 1 is 1.13 bits per heavy atom. The molecule has 1 unspecified atom stereocenters. The molecule has 0 spiro atoms. The number of pyridine rings is 1. The lowest BCUT2D eigenvalue weighted by molar-refractivity contribution is 0.0630. The minimum atomic E-state index is -0.497. The molecule has 2 aromatic heterocycles. The largest absolute Gasteiger partial charge is 0.477 e. The van der Waals surface area contributed by atoms with Crippen LogP contribution in [-0.2, 0) is 0 Å². The number of likely N-dealkylation sites (tertiary alicyclic amines) is 1. The van der Waals surface area contributed by atoms with Crippen molar-refractivity contribution in [3.8, 4) is 11.6 Å². The van der Waals surface area contributed by atoms with E-state index >= 15 is 0 Å². The Kier molecular flexibility index (Phi) is 6.71. The molecule has 1 saturated heterocycles. The molecule has 1 aliphatic rings. The zero-order valence-corrected chi connectivity index (χ0v) is 15.5. The van der Waals surface area contributed by atoms with Gasteiger partial charge in [-0.15, -0.1) is 0 Å². The fraction of sp³-hybridized carbons (Fsp3) is 0.333. The van der Waals surface area contributed by atoms with Crippen LogP contribution in [0.2, 0.25) is 0 Å². The molecule has 3 aromatic rings. The van der Waals surface area contributed by atoms with Crippen molar-refractivity contribution >= 4 is 5.91 Å². The molecule has 0 aliphatic carbocycles. The third-order valence-corrected chi connectivity index (χ3v) is 4.80. The number of ether oxygens (including phenoxy) is 1. The molecule has 0 N–H and O–H groups in total. The van der Waals surface area contributed by atoms with Gasteiger partial charge in [-0.2, -0.15) is 15.0 Å². The van der Waals surface area contributed by atoms with Gasteiger partial charge in [0.1, 0.15) is 11.6 Å². The molecule has 1 aliphatic heterocycles. The molecule has 4 rings (SSSR count). The molecule has 1 fully saturated rings. The van der Waals surface area contributed by atoms with Crippen molar-refractivity contribution < 1.29 is 18.3 Å². The molecule has 0 saturated carbocycles. The third-order valence-electron chi connectivity index (χ3n) is 4.80. The highest BCUT2D eigenvalue weighted by molar-refractivity contribution is 5.97. The van der Waals surface area contributed by atoms with E-state index in [0.29, 0.717) is 31.3 Å². The second-order valence-electron chi connectivity index (χ2n) is 6.87. The first-order valence-electron chi connectivity index (χ1n) is 9.30. The number of hydrogen-bond donors (Lipinski definition) is 0. The lowest BCUT2D eigenvalue weighted by Gasteiger charge is -2.33. The first-order chi connectivity index (χ1) is 14.1.